The van der Waals surface area contributed by atoms with E-state index in [-0.39, 0.29) is 41.3 Å². The molecular weight excluding hydrogens is 755 g/mol. The normalized spacial score (nSPS) is 25.8. The zero-order valence-corrected chi connectivity index (χ0v) is 32.3. The zero-order valence-electron chi connectivity index (χ0n) is 30.8. The predicted octanol–water partition coefficient (Wildman–Crippen LogP) is 5.09. The summed E-state index contributed by atoms with van der Waals surface area (Å²) in [6, 6.07) is 18.4. The number of carbonyl (C=O) groups excluding carboxylic acids is 4. The number of para-hydroxylation sites is 1. The van der Waals surface area contributed by atoms with Crippen LogP contribution in [0, 0.1) is 36.0 Å². The van der Waals surface area contributed by atoms with Gasteiger partial charge in [0.25, 0.3) is 0 Å². The van der Waals surface area contributed by atoms with Crippen molar-refractivity contribution >= 4 is 80.7 Å². The molecule has 4 aliphatic rings. The van der Waals surface area contributed by atoms with E-state index in [1.165, 1.54) is 40.2 Å². The Bertz CT molecular complexity index is 2580. The van der Waals surface area contributed by atoms with Crippen molar-refractivity contribution in [3.8, 4) is 22.1 Å². The molecule has 15 heteroatoms. The Kier molecular flexibility index (Phi) is 8.37. The predicted molar refractivity (Wildman–Crippen MR) is 212 cm³/mol. The zero-order chi connectivity index (χ0) is 39.5. The number of hydrogen-bond donors (Lipinski definition) is 3. The van der Waals surface area contributed by atoms with Crippen molar-refractivity contribution in [1.82, 2.24) is 9.78 Å². The summed E-state index contributed by atoms with van der Waals surface area (Å²) in [7, 11) is 1.31. The van der Waals surface area contributed by atoms with Gasteiger partial charge in [-0.1, -0.05) is 47.5 Å². The van der Waals surface area contributed by atoms with Gasteiger partial charge < -0.3 is 19.9 Å². The van der Waals surface area contributed by atoms with Crippen LogP contribution in [0.3, 0.4) is 0 Å². The first-order valence-electron chi connectivity index (χ1n) is 18.3. The van der Waals surface area contributed by atoms with Gasteiger partial charge in [-0.05, 0) is 85.4 Å². The summed E-state index contributed by atoms with van der Waals surface area (Å²) >= 11 is 7.85. The number of carbonyl (C=O) groups is 4. The fourth-order valence-electron chi connectivity index (χ4n) is 9.81. The summed E-state index contributed by atoms with van der Waals surface area (Å²) in [6.45, 7) is 3.73. The highest BCUT2D eigenvalue weighted by Crippen LogP contribution is 2.65. The molecule has 3 N–H and O–H groups in total. The van der Waals surface area contributed by atoms with E-state index < -0.39 is 65.8 Å². The molecule has 2 aliphatic heterocycles. The molecule has 4 amide bonds. The number of phenols is 1. The number of aryl methyl sites for hydroxylation is 2. The van der Waals surface area contributed by atoms with E-state index in [1.54, 1.807) is 50.4 Å². The maximum absolute atomic E-state index is 15.1. The van der Waals surface area contributed by atoms with E-state index in [4.69, 9.17) is 21.4 Å². The number of rotatable bonds is 6. The third-order valence-electron chi connectivity index (χ3n) is 12.5. The maximum atomic E-state index is 15.1. The first kappa shape index (κ1) is 36.4. The number of aromatic hydroxyl groups is 1. The quantitative estimate of drug-likeness (QED) is 0.121. The SMILES string of the molecule is COc1cccc([C@H]2C3=CC[C@@H]4C(=O)N(c5cccc(B(O)O)c5)C(=O)[C@@H]4[C@@H]3C[C@H]3C(=O)N(c4cc(-c5sc6ccc(Cl)cc6c5C)nn4C)C(=O)[C@@]23C)c1O. The number of anilines is 2. The second kappa shape index (κ2) is 12.9. The highest BCUT2D eigenvalue weighted by molar-refractivity contribution is 7.22. The summed E-state index contributed by atoms with van der Waals surface area (Å²) in [5.41, 5.74) is 1.56. The number of imide groups is 2. The average molecular weight is 791 g/mol. The van der Waals surface area contributed by atoms with Crippen LogP contribution in [0.5, 0.6) is 11.5 Å². The monoisotopic (exact) mass is 790 g/mol. The molecule has 5 aromatic rings. The first-order chi connectivity index (χ1) is 26.8. The minimum atomic E-state index is -1.80. The molecule has 9 rings (SSSR count). The summed E-state index contributed by atoms with van der Waals surface area (Å²) in [4.78, 5) is 61.8. The third kappa shape index (κ3) is 5.02. The van der Waals surface area contributed by atoms with Gasteiger partial charge in [-0.25, -0.2) is 4.90 Å². The lowest BCUT2D eigenvalue weighted by molar-refractivity contribution is -0.131. The summed E-state index contributed by atoms with van der Waals surface area (Å²) < 4.78 is 8.04. The van der Waals surface area contributed by atoms with Gasteiger partial charge >= 0.3 is 7.12 Å². The molecule has 2 aromatic heterocycles. The Morgan fingerprint density at radius 3 is 2.48 bits per heavy atom. The van der Waals surface area contributed by atoms with Crippen molar-refractivity contribution in [2.45, 2.75) is 32.6 Å². The van der Waals surface area contributed by atoms with Gasteiger partial charge in [0.05, 0.1) is 40.8 Å². The number of nitrogens with zero attached hydrogens (tertiary/aromatic N) is 4. The van der Waals surface area contributed by atoms with Gasteiger partial charge in [-0.15, -0.1) is 11.3 Å². The van der Waals surface area contributed by atoms with Crippen LogP contribution >= 0.6 is 22.9 Å². The first-order valence-corrected chi connectivity index (χ1v) is 19.5. The molecule has 4 heterocycles. The fourth-order valence-corrected chi connectivity index (χ4v) is 11.1. The van der Waals surface area contributed by atoms with Gasteiger partial charge in [0.15, 0.2) is 11.5 Å². The lowest BCUT2D eigenvalue weighted by Gasteiger charge is -2.49. The van der Waals surface area contributed by atoms with Crippen LogP contribution < -0.4 is 20.0 Å². The number of fused-ring (bicyclic) bond motifs is 5. The molecule has 3 fully saturated rings. The van der Waals surface area contributed by atoms with Crippen molar-refractivity contribution in [2.75, 3.05) is 16.9 Å². The second-order valence-electron chi connectivity index (χ2n) is 15.2. The highest BCUT2D eigenvalue weighted by Gasteiger charge is 2.68. The smallest absolute Gasteiger partial charge is 0.488 e. The van der Waals surface area contributed by atoms with E-state index in [1.807, 2.05) is 31.2 Å². The van der Waals surface area contributed by atoms with Gasteiger partial charge in [0, 0.05) is 34.3 Å². The Morgan fingerprint density at radius 2 is 1.73 bits per heavy atom. The molecule has 2 saturated heterocycles. The summed E-state index contributed by atoms with van der Waals surface area (Å²) in [6.07, 6.45) is 2.20. The molecule has 0 spiro atoms. The van der Waals surface area contributed by atoms with E-state index in [0.29, 0.717) is 21.9 Å². The molecule has 56 heavy (non-hydrogen) atoms. The van der Waals surface area contributed by atoms with Crippen LogP contribution in [0.2, 0.25) is 5.02 Å². The number of benzene rings is 3. The number of halogens is 1. The molecule has 1 saturated carbocycles. The molecule has 6 atom stereocenters. The molecule has 3 aromatic carbocycles. The molecule has 0 radical (unpaired) electrons. The Hall–Kier alpha value is -5.28. The molecule has 2 aliphatic carbocycles. The number of methoxy groups -OCH3 is 1. The number of phenolic OH excluding ortho intramolecular Hbond substituents is 1. The number of aromatic nitrogens is 2. The number of hydrogen-bond acceptors (Lipinski definition) is 10. The number of thiophene rings is 1. The van der Waals surface area contributed by atoms with E-state index in [0.717, 1.165) is 25.4 Å². The Morgan fingerprint density at radius 1 is 0.964 bits per heavy atom. The minimum Gasteiger partial charge on any atom is -0.504 e. The van der Waals surface area contributed by atoms with Crippen molar-refractivity contribution in [3.05, 3.63) is 94.5 Å². The van der Waals surface area contributed by atoms with Gasteiger partial charge in [-0.3, -0.25) is 28.8 Å². The fraction of sp³-hybridized carbons (Fsp3) is 0.293. The topological polar surface area (TPSA) is 162 Å². The van der Waals surface area contributed by atoms with Gasteiger partial charge in [0.2, 0.25) is 23.6 Å². The maximum Gasteiger partial charge on any atom is 0.488 e. The molecule has 0 unspecified atom stereocenters. The average Bonchev–Trinajstić information content (AvgIpc) is 3.85. The van der Waals surface area contributed by atoms with E-state index in [9.17, 15) is 29.5 Å². The van der Waals surface area contributed by atoms with Crippen LogP contribution in [0.15, 0.2) is 78.4 Å². The molecular formula is C41H36BClN4O8S. The summed E-state index contributed by atoms with van der Waals surface area (Å²) in [5, 5.41) is 37.7. The van der Waals surface area contributed by atoms with Crippen molar-refractivity contribution in [2.24, 2.45) is 36.1 Å². The Balaban J connectivity index is 1.16. The van der Waals surface area contributed by atoms with Gasteiger partial charge in [0.1, 0.15) is 11.5 Å². The van der Waals surface area contributed by atoms with Gasteiger partial charge in [-0.2, -0.15) is 5.10 Å². The number of allylic oxidation sites excluding steroid dienone is 2. The van der Waals surface area contributed by atoms with Crippen molar-refractivity contribution < 1.29 is 39.1 Å². The number of ether oxygens (including phenoxy) is 1. The van der Waals surface area contributed by atoms with Crippen molar-refractivity contribution in [3.63, 3.8) is 0 Å². The molecule has 284 valence electrons. The minimum absolute atomic E-state index is 0.106. The van der Waals surface area contributed by atoms with Crippen LogP contribution in [0.1, 0.15) is 36.8 Å². The van der Waals surface area contributed by atoms with Crippen LogP contribution in [-0.2, 0) is 26.2 Å². The third-order valence-corrected chi connectivity index (χ3v) is 14.0. The lowest BCUT2D eigenvalue weighted by Crippen LogP contribution is -2.49. The van der Waals surface area contributed by atoms with E-state index >= 15 is 4.79 Å². The lowest BCUT2D eigenvalue weighted by atomic mass is 9.51. The summed E-state index contributed by atoms with van der Waals surface area (Å²) in [5.74, 6) is -5.58. The van der Waals surface area contributed by atoms with E-state index in [2.05, 4.69) is 0 Å². The van der Waals surface area contributed by atoms with Crippen LogP contribution in [0.4, 0.5) is 11.5 Å². The van der Waals surface area contributed by atoms with Crippen molar-refractivity contribution in [1.29, 1.82) is 0 Å². The number of amides is 4. The van der Waals surface area contributed by atoms with Crippen LogP contribution in [0.25, 0.3) is 20.7 Å². The standard InChI is InChI=1S/C41H36BClN4O8S/c1-19-26-16-21(43)11-14-31(26)56-36(19)29-18-32(45(3)44-29)47-38(50)28-17-27-23(34(41(28,2)40(47)52)25-9-6-10-30(55-4)35(25)48)12-13-24-33(27)39(51)46(37(24)49)22-8-5-7-20(15-22)42(53)54/h5-12,14-16,18,24,27-28,33-34,48,53-54H,13,17H2,1-4H3/t24-,27+,28-,33-,34+,41+/m0/s1. The molecule has 12 nitrogen and oxygen atoms in total. The second-order valence-corrected chi connectivity index (χ2v) is 16.7. The Labute approximate surface area is 330 Å². The van der Waals surface area contributed by atoms with Crippen LogP contribution in [-0.4, -0.2) is 62.8 Å². The largest absolute Gasteiger partial charge is 0.504 e. The highest BCUT2D eigenvalue weighted by atomic mass is 35.5. The molecule has 0 bridgehead atoms.